The van der Waals surface area contributed by atoms with Crippen LogP contribution in [0.25, 0.3) is 11.1 Å². The maximum Gasteiger partial charge on any atom is 0.336 e. The molecule has 0 amide bonds. The summed E-state index contributed by atoms with van der Waals surface area (Å²) >= 11 is 0. The van der Waals surface area contributed by atoms with E-state index in [1.54, 1.807) is 6.07 Å². The number of pyridine rings is 1. The summed E-state index contributed by atoms with van der Waals surface area (Å²) in [5.74, 6) is -0.876. The minimum atomic E-state index is -0.876. The van der Waals surface area contributed by atoms with Gasteiger partial charge in [0, 0.05) is 36.5 Å². The van der Waals surface area contributed by atoms with Gasteiger partial charge in [-0.05, 0) is 49.1 Å². The third kappa shape index (κ3) is 3.40. The van der Waals surface area contributed by atoms with E-state index in [1.807, 2.05) is 6.92 Å². The fraction of sp³-hybridized carbons (Fsp3) is 0.476. The van der Waals surface area contributed by atoms with Gasteiger partial charge in [0.1, 0.15) is 0 Å². The number of aromatic carboxylic acids is 1. The van der Waals surface area contributed by atoms with E-state index in [-0.39, 0.29) is 6.04 Å². The number of carboxylic acids is 1. The van der Waals surface area contributed by atoms with Gasteiger partial charge in [0.05, 0.1) is 32.0 Å². The number of hydrogen-bond acceptors (Lipinski definition) is 4. The van der Waals surface area contributed by atoms with Crippen molar-refractivity contribution in [1.29, 1.82) is 0 Å². The fourth-order valence-electron chi connectivity index (χ4n) is 4.21. The molecule has 2 aliphatic heterocycles. The van der Waals surface area contributed by atoms with Crippen molar-refractivity contribution in [2.75, 3.05) is 39.5 Å². The molecule has 27 heavy (non-hydrogen) atoms. The van der Waals surface area contributed by atoms with Crippen molar-refractivity contribution in [3.63, 3.8) is 0 Å². The molecule has 2 aliphatic rings. The number of hydrogen-bond donors (Lipinski definition) is 1. The molecule has 4 heterocycles. The first-order valence-electron chi connectivity index (χ1n) is 9.54. The summed E-state index contributed by atoms with van der Waals surface area (Å²) in [5, 5.41) is 9.73. The minimum Gasteiger partial charge on any atom is -0.478 e. The molecule has 1 saturated heterocycles. The van der Waals surface area contributed by atoms with Crippen LogP contribution < -0.4 is 0 Å². The molecule has 1 unspecified atom stereocenters. The van der Waals surface area contributed by atoms with Crippen molar-refractivity contribution >= 4 is 17.1 Å². The summed E-state index contributed by atoms with van der Waals surface area (Å²) < 4.78 is 13.1. The van der Waals surface area contributed by atoms with Gasteiger partial charge in [-0.15, -0.1) is 0 Å². The molecule has 1 N–H and O–H groups in total. The van der Waals surface area contributed by atoms with Crippen molar-refractivity contribution in [3.8, 4) is 0 Å². The van der Waals surface area contributed by atoms with Crippen molar-refractivity contribution in [2.45, 2.75) is 26.3 Å². The lowest BCUT2D eigenvalue weighted by Gasteiger charge is -2.34. The Labute approximate surface area is 159 Å². The molecule has 2 aromatic heterocycles. The number of morpholine rings is 1. The first-order valence-corrected chi connectivity index (χ1v) is 9.54. The van der Waals surface area contributed by atoms with Crippen LogP contribution in [0.5, 0.6) is 0 Å². The highest BCUT2D eigenvalue weighted by Crippen LogP contribution is 2.32. The number of nitrogens with zero attached hydrogens (tertiary/aromatic N) is 2. The maximum absolute atomic E-state index is 11.9. The minimum absolute atomic E-state index is 0.111. The van der Waals surface area contributed by atoms with Crippen LogP contribution in [0.3, 0.4) is 0 Å². The smallest absolute Gasteiger partial charge is 0.336 e. The average molecular weight is 370 g/mol. The molecule has 1 atom stereocenters. The molecule has 0 bridgehead atoms. The second kappa shape index (κ2) is 7.46. The molecule has 0 aliphatic carbocycles. The zero-order chi connectivity index (χ0) is 19.0. The van der Waals surface area contributed by atoms with Crippen molar-refractivity contribution in [2.24, 2.45) is 0 Å². The van der Waals surface area contributed by atoms with Gasteiger partial charge in [0.2, 0.25) is 0 Å². The molecule has 6 heteroatoms. The largest absolute Gasteiger partial charge is 0.478 e. The van der Waals surface area contributed by atoms with Gasteiger partial charge in [-0.3, -0.25) is 4.90 Å². The topological polar surface area (TPSA) is 63.4 Å². The molecule has 2 aromatic rings. The monoisotopic (exact) mass is 370 g/mol. The second-order valence-corrected chi connectivity index (χ2v) is 7.28. The number of aromatic nitrogens is 1. The highest BCUT2D eigenvalue weighted by molar-refractivity contribution is 5.91. The average Bonchev–Trinajstić information content (AvgIpc) is 3.12. The van der Waals surface area contributed by atoms with Crippen molar-refractivity contribution in [3.05, 3.63) is 46.8 Å². The number of carbonyl (C=O) groups is 1. The van der Waals surface area contributed by atoms with Crippen LogP contribution in [0.1, 0.15) is 46.6 Å². The number of carboxylic acid groups (broad SMARTS) is 1. The lowest BCUT2D eigenvalue weighted by molar-refractivity contribution is 0.0187. The SMILES string of the molecule is Cc1c(C(=O)O)cc2cc(C3=CCOCC3)cn2c1C(C)N1CCOCC1. The number of ether oxygens (including phenoxy) is 2. The molecule has 0 saturated carbocycles. The van der Waals surface area contributed by atoms with E-state index in [1.165, 1.54) is 5.57 Å². The third-order valence-electron chi connectivity index (χ3n) is 5.74. The predicted octanol–water partition coefficient (Wildman–Crippen LogP) is 3.14. The highest BCUT2D eigenvalue weighted by Gasteiger charge is 2.25. The van der Waals surface area contributed by atoms with Crippen LogP contribution in [0, 0.1) is 6.92 Å². The van der Waals surface area contributed by atoms with Crippen LogP contribution in [0.15, 0.2) is 24.4 Å². The van der Waals surface area contributed by atoms with Crippen molar-refractivity contribution < 1.29 is 19.4 Å². The predicted molar refractivity (Wildman–Crippen MR) is 103 cm³/mol. The van der Waals surface area contributed by atoms with E-state index >= 15 is 0 Å². The second-order valence-electron chi connectivity index (χ2n) is 7.28. The Morgan fingerprint density at radius 3 is 2.63 bits per heavy atom. The highest BCUT2D eigenvalue weighted by atomic mass is 16.5. The van der Waals surface area contributed by atoms with E-state index in [9.17, 15) is 9.90 Å². The molecule has 6 nitrogen and oxygen atoms in total. The standard InChI is InChI=1S/C21H26N2O4/c1-14-19(21(24)25)12-18-11-17(16-3-7-26-8-4-16)13-23(18)20(14)15(2)22-5-9-27-10-6-22/h3,11-13,15H,4-10H2,1-2H3,(H,24,25). The van der Waals surface area contributed by atoms with E-state index < -0.39 is 5.97 Å². The number of rotatable bonds is 4. The Balaban J connectivity index is 1.85. The van der Waals surface area contributed by atoms with Gasteiger partial charge in [-0.25, -0.2) is 4.79 Å². The Bertz CT molecular complexity index is 893. The van der Waals surface area contributed by atoms with Crippen LogP contribution in [0.4, 0.5) is 0 Å². The van der Waals surface area contributed by atoms with Crippen molar-refractivity contribution in [1.82, 2.24) is 9.30 Å². The zero-order valence-corrected chi connectivity index (χ0v) is 15.9. The van der Waals surface area contributed by atoms with Gasteiger partial charge in [-0.1, -0.05) is 6.08 Å². The maximum atomic E-state index is 11.9. The first-order chi connectivity index (χ1) is 13.1. The van der Waals surface area contributed by atoms with Crippen LogP contribution in [-0.4, -0.2) is 59.9 Å². The normalized spacial score (nSPS) is 19.9. The van der Waals surface area contributed by atoms with Gasteiger partial charge < -0.3 is 19.0 Å². The summed E-state index contributed by atoms with van der Waals surface area (Å²) in [6.45, 7) is 8.59. The molecule has 144 valence electrons. The Hall–Kier alpha value is -2.15. The fourth-order valence-corrected chi connectivity index (χ4v) is 4.21. The summed E-state index contributed by atoms with van der Waals surface area (Å²) in [6, 6.07) is 3.99. The summed E-state index contributed by atoms with van der Waals surface area (Å²) in [6.07, 6.45) is 5.15. The molecular weight excluding hydrogens is 344 g/mol. The number of fused-ring (bicyclic) bond motifs is 1. The molecule has 0 radical (unpaired) electrons. The molecular formula is C21H26N2O4. The van der Waals surface area contributed by atoms with Gasteiger partial charge >= 0.3 is 5.97 Å². The summed E-state index contributed by atoms with van der Waals surface area (Å²) in [7, 11) is 0. The van der Waals surface area contributed by atoms with E-state index in [2.05, 4.69) is 34.6 Å². The van der Waals surface area contributed by atoms with E-state index in [4.69, 9.17) is 9.47 Å². The molecule has 4 rings (SSSR count). The third-order valence-corrected chi connectivity index (χ3v) is 5.74. The van der Waals surface area contributed by atoms with Crippen LogP contribution >= 0.6 is 0 Å². The Morgan fingerprint density at radius 2 is 1.96 bits per heavy atom. The van der Waals surface area contributed by atoms with Gasteiger partial charge in [0.25, 0.3) is 0 Å². The summed E-state index contributed by atoms with van der Waals surface area (Å²) in [4.78, 5) is 14.2. The Kier molecular flexibility index (Phi) is 5.04. The van der Waals surface area contributed by atoms with E-state index in [0.717, 1.165) is 61.7 Å². The van der Waals surface area contributed by atoms with Gasteiger partial charge in [0.15, 0.2) is 0 Å². The molecule has 0 aromatic carbocycles. The lowest BCUT2D eigenvalue weighted by Crippen LogP contribution is -2.39. The summed E-state index contributed by atoms with van der Waals surface area (Å²) in [5.41, 5.74) is 5.60. The van der Waals surface area contributed by atoms with Gasteiger partial charge in [-0.2, -0.15) is 0 Å². The van der Waals surface area contributed by atoms with Crippen LogP contribution in [0.2, 0.25) is 0 Å². The first kappa shape index (κ1) is 18.2. The molecule has 1 fully saturated rings. The Morgan fingerprint density at radius 1 is 1.19 bits per heavy atom. The van der Waals surface area contributed by atoms with Crippen LogP contribution in [-0.2, 0) is 9.47 Å². The molecule has 0 spiro atoms. The quantitative estimate of drug-likeness (QED) is 0.896. The van der Waals surface area contributed by atoms with E-state index in [0.29, 0.717) is 12.2 Å². The zero-order valence-electron chi connectivity index (χ0n) is 15.9. The lowest BCUT2D eigenvalue weighted by atomic mass is 10.0.